The van der Waals surface area contributed by atoms with E-state index < -0.39 is 32.5 Å². The molecule has 0 radical (unpaired) electrons. The van der Waals surface area contributed by atoms with Gasteiger partial charge >= 0.3 is 11.9 Å². The van der Waals surface area contributed by atoms with Gasteiger partial charge in [-0.25, -0.2) is 0 Å². The summed E-state index contributed by atoms with van der Waals surface area (Å²) in [5.41, 5.74) is 0. The van der Waals surface area contributed by atoms with Gasteiger partial charge in [-0.2, -0.15) is 0 Å². The first-order valence-electron chi connectivity index (χ1n) is 22.0. The summed E-state index contributed by atoms with van der Waals surface area (Å²) in [5.74, 6) is -0.981. The summed E-state index contributed by atoms with van der Waals surface area (Å²) in [5, 5.41) is 0. The van der Waals surface area contributed by atoms with Crippen molar-refractivity contribution in [3.63, 3.8) is 0 Å². The molecule has 0 saturated carbocycles. The van der Waals surface area contributed by atoms with Crippen LogP contribution in [0.15, 0.2) is 60.8 Å². The van der Waals surface area contributed by atoms with Crippen LogP contribution in [0.3, 0.4) is 0 Å². The van der Waals surface area contributed by atoms with Crippen LogP contribution in [0, 0.1) is 0 Å². The SMILES string of the molecule is CC/C=C\C/C=C\C/C=C\C/C=C\C/C=C\CC(=O)OC(COC(=O)CCCCCCCCCCCCCCCCCCC)COP(=O)([O-])OCC[N+](C)(C)C. The van der Waals surface area contributed by atoms with Crippen LogP contribution in [0.4, 0.5) is 0 Å². The molecular weight excluding hydrogens is 725 g/mol. The molecule has 10 heteroatoms. The van der Waals surface area contributed by atoms with Gasteiger partial charge < -0.3 is 27.9 Å². The molecule has 0 N–H and O–H groups in total. The topological polar surface area (TPSA) is 111 Å². The Balaban J connectivity index is 4.46. The maximum atomic E-state index is 12.6. The van der Waals surface area contributed by atoms with E-state index in [0.717, 1.165) is 44.9 Å². The summed E-state index contributed by atoms with van der Waals surface area (Å²) in [7, 11) is 1.11. The number of carbonyl (C=O) groups excluding carboxylic acids is 2. The van der Waals surface area contributed by atoms with Crippen LogP contribution in [-0.4, -0.2) is 70.0 Å². The third-order valence-corrected chi connectivity index (χ3v) is 10.0. The average Bonchev–Trinajstić information content (AvgIpc) is 3.15. The highest BCUT2D eigenvalue weighted by Gasteiger charge is 2.21. The molecule has 56 heavy (non-hydrogen) atoms. The van der Waals surface area contributed by atoms with E-state index in [1.807, 2.05) is 33.3 Å². The molecule has 0 saturated heterocycles. The molecule has 2 unspecified atom stereocenters. The van der Waals surface area contributed by atoms with Crippen LogP contribution < -0.4 is 4.89 Å². The molecule has 0 amide bonds. The zero-order chi connectivity index (χ0) is 41.4. The van der Waals surface area contributed by atoms with Crippen molar-refractivity contribution in [2.75, 3.05) is 47.5 Å². The molecule has 0 bridgehead atoms. The van der Waals surface area contributed by atoms with Gasteiger partial charge in [0, 0.05) is 6.42 Å². The van der Waals surface area contributed by atoms with E-state index in [4.69, 9.17) is 18.5 Å². The Labute approximate surface area is 343 Å². The van der Waals surface area contributed by atoms with Crippen molar-refractivity contribution in [1.82, 2.24) is 0 Å². The Hall–Kier alpha value is -2.29. The maximum Gasteiger partial charge on any atom is 0.310 e. The highest BCUT2D eigenvalue weighted by Crippen LogP contribution is 2.38. The lowest BCUT2D eigenvalue weighted by atomic mass is 10.0. The molecule has 0 aliphatic rings. The van der Waals surface area contributed by atoms with Gasteiger partial charge in [-0.1, -0.05) is 177 Å². The Morgan fingerprint density at radius 3 is 1.45 bits per heavy atom. The third-order valence-electron chi connectivity index (χ3n) is 9.09. The second-order valence-corrected chi connectivity index (χ2v) is 17.1. The van der Waals surface area contributed by atoms with Crippen LogP contribution >= 0.6 is 7.82 Å². The number of phosphoric acid groups is 1. The second kappa shape index (κ2) is 38.2. The molecule has 0 spiro atoms. The van der Waals surface area contributed by atoms with E-state index in [1.165, 1.54) is 89.9 Å². The number of hydrogen-bond acceptors (Lipinski definition) is 8. The van der Waals surface area contributed by atoms with Gasteiger partial charge in [0.1, 0.15) is 19.8 Å². The fourth-order valence-electron chi connectivity index (χ4n) is 5.67. The number of esters is 2. The monoisotopic (exact) mass is 808 g/mol. The van der Waals surface area contributed by atoms with E-state index in [-0.39, 0.29) is 26.1 Å². The molecule has 9 nitrogen and oxygen atoms in total. The van der Waals surface area contributed by atoms with Gasteiger partial charge in [0.15, 0.2) is 6.10 Å². The van der Waals surface area contributed by atoms with Gasteiger partial charge in [0.2, 0.25) is 0 Å². The van der Waals surface area contributed by atoms with Gasteiger partial charge in [0.05, 0.1) is 34.2 Å². The largest absolute Gasteiger partial charge is 0.756 e. The number of rotatable bonds is 39. The number of nitrogens with zero attached hydrogens (tertiary/aromatic N) is 1. The summed E-state index contributed by atoms with van der Waals surface area (Å²) in [6.45, 7) is 4.00. The van der Waals surface area contributed by atoms with Crippen molar-refractivity contribution in [2.24, 2.45) is 0 Å². The lowest BCUT2D eigenvalue weighted by Gasteiger charge is -2.28. The molecule has 0 aliphatic carbocycles. The number of quaternary nitrogens is 1. The standard InChI is InChI=1S/C46H82NO8P/c1-6-8-10-12-14-16-18-20-22-23-25-26-28-30-32-34-36-38-45(48)52-42-44(43-54-56(50,51)53-41-40-47(3,4)5)55-46(49)39-37-35-33-31-29-27-24-21-19-17-15-13-11-9-7-2/h9,11,15,17,21,24,29,31,35,37,44H,6-8,10,12-14,16,18-20,22-23,25-28,30,32-34,36,38-43H2,1-5H3/b11-9-,17-15-,24-21-,31-29-,37-35-. The molecule has 0 aromatic heterocycles. The van der Waals surface area contributed by atoms with E-state index in [0.29, 0.717) is 17.4 Å². The molecule has 0 aliphatic heterocycles. The number of unbranched alkanes of at least 4 members (excludes halogenated alkanes) is 16. The zero-order valence-corrected chi connectivity index (χ0v) is 37.2. The van der Waals surface area contributed by atoms with Crippen LogP contribution in [-0.2, 0) is 32.7 Å². The number of ether oxygens (including phenoxy) is 2. The second-order valence-electron chi connectivity index (χ2n) is 15.7. The number of phosphoric ester groups is 1. The fourth-order valence-corrected chi connectivity index (χ4v) is 6.40. The minimum atomic E-state index is -4.65. The Bertz CT molecular complexity index is 1140. The number of allylic oxidation sites excluding steroid dienone is 9. The summed E-state index contributed by atoms with van der Waals surface area (Å²) in [6.07, 6.45) is 45.7. The molecular formula is C46H82NO8P. The number of hydrogen-bond donors (Lipinski definition) is 0. The van der Waals surface area contributed by atoms with Crippen LogP contribution in [0.5, 0.6) is 0 Å². The maximum absolute atomic E-state index is 12.6. The predicted octanol–water partition coefficient (Wildman–Crippen LogP) is 11.8. The van der Waals surface area contributed by atoms with E-state index in [1.54, 1.807) is 6.08 Å². The molecule has 0 heterocycles. The third kappa shape index (κ3) is 41.3. The lowest BCUT2D eigenvalue weighted by Crippen LogP contribution is -2.37. The predicted molar refractivity (Wildman–Crippen MR) is 231 cm³/mol. The molecule has 0 fully saturated rings. The summed E-state index contributed by atoms with van der Waals surface area (Å²) >= 11 is 0. The Kier molecular flexibility index (Phi) is 36.7. The zero-order valence-electron chi connectivity index (χ0n) is 36.3. The lowest BCUT2D eigenvalue weighted by molar-refractivity contribution is -0.870. The van der Waals surface area contributed by atoms with Crippen molar-refractivity contribution in [3.05, 3.63) is 60.8 Å². The number of carbonyl (C=O) groups is 2. The van der Waals surface area contributed by atoms with Gasteiger partial charge in [-0.15, -0.1) is 0 Å². The highest BCUT2D eigenvalue weighted by atomic mass is 31.2. The number of likely N-dealkylation sites (N-methyl/N-ethyl adjacent to an activating group) is 1. The van der Waals surface area contributed by atoms with Crippen molar-refractivity contribution in [1.29, 1.82) is 0 Å². The van der Waals surface area contributed by atoms with Crippen molar-refractivity contribution < 1.29 is 42.1 Å². The van der Waals surface area contributed by atoms with E-state index in [9.17, 15) is 19.0 Å². The van der Waals surface area contributed by atoms with E-state index >= 15 is 0 Å². The molecule has 0 rings (SSSR count). The molecule has 0 aromatic rings. The molecule has 2 atom stereocenters. The van der Waals surface area contributed by atoms with Crippen LogP contribution in [0.1, 0.15) is 168 Å². The van der Waals surface area contributed by atoms with Gasteiger partial charge in [0.25, 0.3) is 7.82 Å². The summed E-state index contributed by atoms with van der Waals surface area (Å²) in [4.78, 5) is 37.4. The van der Waals surface area contributed by atoms with Crippen molar-refractivity contribution >= 4 is 19.8 Å². The normalized spacial score (nSPS) is 14.2. The highest BCUT2D eigenvalue weighted by molar-refractivity contribution is 7.45. The Morgan fingerprint density at radius 1 is 0.571 bits per heavy atom. The summed E-state index contributed by atoms with van der Waals surface area (Å²) < 4.78 is 33.7. The van der Waals surface area contributed by atoms with Gasteiger partial charge in [-0.05, 0) is 38.5 Å². The van der Waals surface area contributed by atoms with Crippen LogP contribution in [0.2, 0.25) is 0 Å². The first kappa shape index (κ1) is 53.7. The quantitative estimate of drug-likeness (QED) is 0.0198. The minimum Gasteiger partial charge on any atom is -0.756 e. The smallest absolute Gasteiger partial charge is 0.310 e. The minimum absolute atomic E-state index is 0.00768. The van der Waals surface area contributed by atoms with Crippen LogP contribution in [0.25, 0.3) is 0 Å². The molecule has 324 valence electrons. The summed E-state index contributed by atoms with van der Waals surface area (Å²) in [6, 6.07) is 0. The van der Waals surface area contributed by atoms with E-state index in [2.05, 4.69) is 56.4 Å². The van der Waals surface area contributed by atoms with Crippen molar-refractivity contribution in [3.8, 4) is 0 Å². The van der Waals surface area contributed by atoms with Crippen molar-refractivity contribution in [2.45, 2.75) is 174 Å². The molecule has 0 aromatic carbocycles. The Morgan fingerprint density at radius 2 is 1.00 bits per heavy atom. The first-order valence-corrected chi connectivity index (χ1v) is 23.5. The fraction of sp³-hybridized carbons (Fsp3) is 0.739. The van der Waals surface area contributed by atoms with Gasteiger partial charge in [-0.3, -0.25) is 14.2 Å². The first-order chi connectivity index (χ1) is 27.0. The average molecular weight is 808 g/mol.